The van der Waals surface area contributed by atoms with Crippen LogP contribution >= 0.6 is 15.9 Å². The Morgan fingerprint density at radius 2 is 1.95 bits per heavy atom. The zero-order valence-electron chi connectivity index (χ0n) is 11.5. The van der Waals surface area contributed by atoms with E-state index in [1.54, 1.807) is 0 Å². The molecule has 0 radical (unpaired) electrons. The van der Waals surface area contributed by atoms with Crippen molar-refractivity contribution in [2.75, 3.05) is 13.2 Å². The first-order valence-corrected chi connectivity index (χ1v) is 8.03. The second-order valence-corrected chi connectivity index (χ2v) is 6.02. The Balaban J connectivity index is 1.67. The third-order valence-electron chi connectivity index (χ3n) is 3.77. The quantitative estimate of drug-likeness (QED) is 0.807. The summed E-state index contributed by atoms with van der Waals surface area (Å²) >= 11 is 3.61. The van der Waals surface area contributed by atoms with Crippen molar-refractivity contribution >= 4 is 26.7 Å². The molecule has 0 amide bonds. The Labute approximate surface area is 128 Å². The van der Waals surface area contributed by atoms with Gasteiger partial charge in [-0.25, -0.2) is 0 Å². The molecule has 0 saturated carbocycles. The van der Waals surface area contributed by atoms with Crippen LogP contribution in [-0.2, 0) is 15.9 Å². The summed E-state index contributed by atoms with van der Waals surface area (Å²) in [6, 6.07) is 12.8. The van der Waals surface area contributed by atoms with Crippen molar-refractivity contribution in [3.05, 3.63) is 46.4 Å². The van der Waals surface area contributed by atoms with Crippen LogP contribution < -0.4 is 0 Å². The molecular formula is C17H19BrO2. The van der Waals surface area contributed by atoms with E-state index in [-0.39, 0.29) is 6.29 Å². The molecule has 0 spiro atoms. The first-order valence-electron chi connectivity index (χ1n) is 7.24. The van der Waals surface area contributed by atoms with Crippen molar-refractivity contribution in [1.29, 1.82) is 0 Å². The summed E-state index contributed by atoms with van der Waals surface area (Å²) in [5.41, 5.74) is 1.33. The number of rotatable bonds is 4. The third-order valence-corrected chi connectivity index (χ3v) is 4.47. The van der Waals surface area contributed by atoms with E-state index in [0.29, 0.717) is 0 Å². The van der Waals surface area contributed by atoms with Crippen LogP contribution in [0.25, 0.3) is 10.8 Å². The van der Waals surface area contributed by atoms with Gasteiger partial charge in [0.05, 0.1) is 6.61 Å². The lowest BCUT2D eigenvalue weighted by Crippen LogP contribution is -2.23. The molecule has 1 aliphatic heterocycles. The number of ether oxygens (including phenoxy) is 2. The zero-order chi connectivity index (χ0) is 13.8. The van der Waals surface area contributed by atoms with Gasteiger partial charge in [-0.3, -0.25) is 0 Å². The largest absolute Gasteiger partial charge is 0.353 e. The van der Waals surface area contributed by atoms with Crippen LogP contribution in [0.1, 0.15) is 24.8 Å². The molecule has 2 nitrogen and oxygen atoms in total. The minimum atomic E-state index is 0.00506. The van der Waals surface area contributed by atoms with E-state index < -0.39 is 0 Å². The lowest BCUT2D eigenvalue weighted by atomic mass is 10.0. The summed E-state index contributed by atoms with van der Waals surface area (Å²) in [6.45, 7) is 1.56. The molecule has 106 valence electrons. The first kappa shape index (κ1) is 14.1. The summed E-state index contributed by atoms with van der Waals surface area (Å²) in [6.07, 6.45) is 4.34. The molecule has 2 aromatic rings. The van der Waals surface area contributed by atoms with Gasteiger partial charge in [0.15, 0.2) is 6.29 Å². The maximum atomic E-state index is 5.83. The van der Waals surface area contributed by atoms with Crippen molar-refractivity contribution in [1.82, 2.24) is 0 Å². The molecule has 0 aromatic heterocycles. The van der Waals surface area contributed by atoms with E-state index >= 15 is 0 Å². The lowest BCUT2D eigenvalue weighted by Gasteiger charge is -2.22. The Morgan fingerprint density at radius 1 is 1.10 bits per heavy atom. The summed E-state index contributed by atoms with van der Waals surface area (Å²) in [5, 5.41) is 2.56. The fraction of sp³-hybridized carbons (Fsp3) is 0.412. The van der Waals surface area contributed by atoms with E-state index in [4.69, 9.17) is 9.47 Å². The molecule has 3 heteroatoms. The number of fused-ring (bicyclic) bond motifs is 1. The third kappa shape index (κ3) is 3.22. The molecule has 2 aromatic carbocycles. The number of halogens is 1. The topological polar surface area (TPSA) is 18.5 Å². The van der Waals surface area contributed by atoms with Gasteiger partial charge in [-0.05, 0) is 48.1 Å². The Hall–Kier alpha value is -0.900. The van der Waals surface area contributed by atoms with Crippen molar-refractivity contribution in [3.8, 4) is 0 Å². The van der Waals surface area contributed by atoms with Crippen molar-refractivity contribution in [2.45, 2.75) is 32.0 Å². The van der Waals surface area contributed by atoms with Crippen LogP contribution in [0.5, 0.6) is 0 Å². The van der Waals surface area contributed by atoms with Gasteiger partial charge in [0, 0.05) is 11.1 Å². The molecule has 0 aliphatic carbocycles. The SMILES string of the molecule is Brc1ccc(CCO[C@@H]2CCCCO2)c2ccccc12. The van der Waals surface area contributed by atoms with Crippen LogP contribution in [0.15, 0.2) is 40.9 Å². The molecule has 1 aliphatic rings. The maximum Gasteiger partial charge on any atom is 0.157 e. The summed E-state index contributed by atoms with van der Waals surface area (Å²) in [7, 11) is 0. The highest BCUT2D eigenvalue weighted by atomic mass is 79.9. The highest BCUT2D eigenvalue weighted by molar-refractivity contribution is 9.10. The van der Waals surface area contributed by atoms with Gasteiger partial charge in [-0.15, -0.1) is 0 Å². The lowest BCUT2D eigenvalue weighted by molar-refractivity contribution is -0.161. The zero-order valence-corrected chi connectivity index (χ0v) is 13.1. The molecule has 1 fully saturated rings. The highest BCUT2D eigenvalue weighted by Crippen LogP contribution is 2.27. The number of benzene rings is 2. The molecule has 1 saturated heterocycles. The van der Waals surface area contributed by atoms with E-state index in [2.05, 4.69) is 52.3 Å². The van der Waals surface area contributed by atoms with E-state index in [1.165, 1.54) is 22.8 Å². The normalized spacial score (nSPS) is 19.4. The average Bonchev–Trinajstić information content (AvgIpc) is 2.51. The first-order chi connectivity index (χ1) is 9.84. The molecule has 0 N–H and O–H groups in total. The second kappa shape index (κ2) is 6.70. The number of hydrogen-bond donors (Lipinski definition) is 0. The Morgan fingerprint density at radius 3 is 2.75 bits per heavy atom. The van der Waals surface area contributed by atoms with Crippen molar-refractivity contribution in [3.63, 3.8) is 0 Å². The van der Waals surface area contributed by atoms with Crippen LogP contribution in [0.4, 0.5) is 0 Å². The number of hydrogen-bond acceptors (Lipinski definition) is 2. The minimum absolute atomic E-state index is 0.00506. The van der Waals surface area contributed by atoms with Gasteiger partial charge in [0.1, 0.15) is 0 Å². The van der Waals surface area contributed by atoms with Gasteiger partial charge >= 0.3 is 0 Å². The molecule has 1 heterocycles. The molecule has 0 bridgehead atoms. The van der Waals surface area contributed by atoms with E-state index in [9.17, 15) is 0 Å². The highest BCUT2D eigenvalue weighted by Gasteiger charge is 2.14. The predicted octanol–water partition coefficient (Wildman–Crippen LogP) is 4.69. The van der Waals surface area contributed by atoms with Crippen molar-refractivity contribution in [2.24, 2.45) is 0 Å². The van der Waals surface area contributed by atoms with E-state index in [1.807, 2.05) is 0 Å². The van der Waals surface area contributed by atoms with Gasteiger partial charge in [0.25, 0.3) is 0 Å². The summed E-state index contributed by atoms with van der Waals surface area (Å²) < 4.78 is 12.6. The predicted molar refractivity (Wildman–Crippen MR) is 84.9 cm³/mol. The average molecular weight is 335 g/mol. The molecule has 20 heavy (non-hydrogen) atoms. The van der Waals surface area contributed by atoms with Gasteiger partial charge in [-0.1, -0.05) is 46.3 Å². The summed E-state index contributed by atoms with van der Waals surface area (Å²) in [5.74, 6) is 0. The Bertz CT molecular complexity index is 576. The van der Waals surface area contributed by atoms with Crippen LogP contribution in [0.2, 0.25) is 0 Å². The standard InChI is InChI=1S/C17H19BrO2/c18-16-9-8-13(14-5-1-2-6-15(14)16)10-12-20-17-7-3-4-11-19-17/h1-2,5-6,8-9,17H,3-4,7,10-12H2/t17-/m1/s1. The maximum absolute atomic E-state index is 5.83. The fourth-order valence-corrected chi connectivity index (χ4v) is 3.16. The fourth-order valence-electron chi connectivity index (χ4n) is 2.69. The van der Waals surface area contributed by atoms with Crippen LogP contribution in [0.3, 0.4) is 0 Å². The van der Waals surface area contributed by atoms with Gasteiger partial charge in [0.2, 0.25) is 0 Å². The summed E-state index contributed by atoms with van der Waals surface area (Å²) in [4.78, 5) is 0. The molecule has 0 unspecified atom stereocenters. The smallest absolute Gasteiger partial charge is 0.157 e. The molecular weight excluding hydrogens is 316 g/mol. The monoisotopic (exact) mass is 334 g/mol. The van der Waals surface area contributed by atoms with E-state index in [0.717, 1.165) is 36.9 Å². The van der Waals surface area contributed by atoms with Crippen LogP contribution in [0, 0.1) is 0 Å². The van der Waals surface area contributed by atoms with Crippen molar-refractivity contribution < 1.29 is 9.47 Å². The van der Waals surface area contributed by atoms with Crippen LogP contribution in [-0.4, -0.2) is 19.5 Å². The minimum Gasteiger partial charge on any atom is -0.353 e. The van der Waals surface area contributed by atoms with Gasteiger partial charge in [-0.2, -0.15) is 0 Å². The molecule has 3 rings (SSSR count). The second-order valence-electron chi connectivity index (χ2n) is 5.17. The Kier molecular flexibility index (Phi) is 4.71. The molecule has 1 atom stereocenters. The van der Waals surface area contributed by atoms with Gasteiger partial charge < -0.3 is 9.47 Å².